The fourth-order valence-electron chi connectivity index (χ4n) is 2.76. The van der Waals surface area contributed by atoms with Gasteiger partial charge in [-0.1, -0.05) is 42.5 Å². The molecule has 10 heteroatoms. The predicted molar refractivity (Wildman–Crippen MR) is 121 cm³/mol. The van der Waals surface area contributed by atoms with Crippen molar-refractivity contribution in [2.75, 3.05) is 25.2 Å². The average Bonchev–Trinajstić information content (AvgIpc) is 2.79. The summed E-state index contributed by atoms with van der Waals surface area (Å²) in [4.78, 5) is 24.9. The number of hydrogen-bond donors (Lipinski definition) is 2. The largest absolute Gasteiger partial charge is 0.484 e. The Morgan fingerprint density at radius 1 is 1.03 bits per heavy atom. The highest BCUT2D eigenvalue weighted by Crippen LogP contribution is 2.16. The molecule has 0 saturated carbocycles. The molecule has 2 aromatic rings. The topological polar surface area (TPSA) is 76.7 Å². The highest BCUT2D eigenvalue weighted by molar-refractivity contribution is 7.98. The van der Waals surface area contributed by atoms with E-state index in [4.69, 9.17) is 4.74 Å². The van der Waals surface area contributed by atoms with Crippen molar-refractivity contribution in [1.29, 1.82) is 0 Å². The van der Waals surface area contributed by atoms with Crippen LogP contribution in [0.25, 0.3) is 0 Å². The van der Waals surface area contributed by atoms with Gasteiger partial charge in [-0.2, -0.15) is 24.9 Å². The summed E-state index contributed by atoms with van der Waals surface area (Å²) in [7, 11) is 0. The molecule has 33 heavy (non-hydrogen) atoms. The number of hydrogen-bond acceptors (Lipinski definition) is 5. The van der Waals surface area contributed by atoms with Gasteiger partial charge in [-0.05, 0) is 41.7 Å². The first-order valence-corrected chi connectivity index (χ1v) is 11.6. The lowest BCUT2D eigenvalue weighted by molar-refractivity contribution is -0.176. The maximum Gasteiger partial charge on any atom is 0.411 e. The van der Waals surface area contributed by atoms with Crippen LogP contribution in [0, 0.1) is 0 Å². The molecule has 0 aliphatic rings. The molecule has 0 radical (unpaired) electrons. The maximum atomic E-state index is 12.6. The van der Waals surface area contributed by atoms with Crippen molar-refractivity contribution in [2.24, 2.45) is 0 Å². The highest BCUT2D eigenvalue weighted by atomic mass is 32.2. The van der Waals surface area contributed by atoms with Gasteiger partial charge in [0, 0.05) is 6.54 Å². The summed E-state index contributed by atoms with van der Waals surface area (Å²) >= 11 is 1.56. The van der Waals surface area contributed by atoms with Crippen molar-refractivity contribution in [2.45, 2.75) is 31.8 Å². The van der Waals surface area contributed by atoms with Crippen LogP contribution in [0.1, 0.15) is 17.5 Å². The van der Waals surface area contributed by atoms with Crippen molar-refractivity contribution in [3.63, 3.8) is 0 Å². The Morgan fingerprint density at radius 2 is 1.70 bits per heavy atom. The van der Waals surface area contributed by atoms with Gasteiger partial charge in [-0.15, -0.1) is 0 Å². The first kappa shape index (κ1) is 26.5. The van der Waals surface area contributed by atoms with Crippen molar-refractivity contribution in [3.05, 3.63) is 65.7 Å². The van der Waals surface area contributed by atoms with Gasteiger partial charge in [0.25, 0.3) is 5.91 Å². The number of rotatable bonds is 13. The summed E-state index contributed by atoms with van der Waals surface area (Å²) < 4.78 is 46.5. The molecule has 1 unspecified atom stereocenters. The SMILES string of the molecule is CSCCC(NC(=O)COc1ccccc1)C(=O)NCc1ccc(COCC(F)(F)F)cc1. The Labute approximate surface area is 195 Å². The minimum atomic E-state index is -4.36. The number of amides is 2. The molecule has 6 nitrogen and oxygen atoms in total. The lowest BCUT2D eigenvalue weighted by atomic mass is 10.1. The van der Waals surface area contributed by atoms with Crippen LogP contribution in [-0.4, -0.2) is 49.3 Å². The Hall–Kier alpha value is -2.72. The van der Waals surface area contributed by atoms with Crippen LogP contribution in [0.3, 0.4) is 0 Å². The molecule has 0 heterocycles. The number of carbonyl (C=O) groups is 2. The zero-order valence-electron chi connectivity index (χ0n) is 18.2. The first-order chi connectivity index (χ1) is 15.8. The van der Waals surface area contributed by atoms with E-state index in [-0.39, 0.29) is 25.7 Å². The fourth-order valence-corrected chi connectivity index (χ4v) is 3.23. The predicted octanol–water partition coefficient (Wildman–Crippen LogP) is 3.70. The monoisotopic (exact) mass is 484 g/mol. The number of carbonyl (C=O) groups excluding carboxylic acids is 2. The van der Waals surface area contributed by atoms with Gasteiger partial charge in [0.15, 0.2) is 6.61 Å². The third-order valence-electron chi connectivity index (χ3n) is 4.40. The lowest BCUT2D eigenvalue weighted by Crippen LogP contribution is -2.48. The summed E-state index contributed by atoms with van der Waals surface area (Å²) in [5.41, 5.74) is 1.36. The summed E-state index contributed by atoms with van der Waals surface area (Å²) in [6.07, 6.45) is -1.99. The molecule has 1 atom stereocenters. The van der Waals surface area contributed by atoms with E-state index in [2.05, 4.69) is 15.4 Å². The van der Waals surface area contributed by atoms with Crippen LogP contribution in [-0.2, 0) is 27.5 Å². The lowest BCUT2D eigenvalue weighted by Gasteiger charge is -2.18. The smallest absolute Gasteiger partial charge is 0.411 e. The number of nitrogens with one attached hydrogen (secondary N) is 2. The normalized spacial score (nSPS) is 12.1. The molecule has 2 aromatic carbocycles. The van der Waals surface area contributed by atoms with Crippen LogP contribution in [0.2, 0.25) is 0 Å². The molecule has 0 aliphatic carbocycles. The zero-order valence-corrected chi connectivity index (χ0v) is 19.0. The molecular weight excluding hydrogens is 457 g/mol. The minimum absolute atomic E-state index is 0.153. The quantitative estimate of drug-likeness (QED) is 0.454. The van der Waals surface area contributed by atoms with Gasteiger partial charge in [0.05, 0.1) is 6.61 Å². The van der Waals surface area contributed by atoms with E-state index in [1.165, 1.54) is 0 Å². The Kier molecular flexibility index (Phi) is 11.0. The van der Waals surface area contributed by atoms with Crippen molar-refractivity contribution < 1.29 is 32.2 Å². The molecule has 0 aromatic heterocycles. The van der Waals surface area contributed by atoms with Gasteiger partial charge in [-0.3, -0.25) is 9.59 Å². The molecule has 2 N–H and O–H groups in total. The first-order valence-electron chi connectivity index (χ1n) is 10.2. The third kappa shape index (κ3) is 11.1. The third-order valence-corrected chi connectivity index (χ3v) is 5.04. The van der Waals surface area contributed by atoms with E-state index < -0.39 is 24.7 Å². The average molecular weight is 485 g/mol. The van der Waals surface area contributed by atoms with E-state index in [1.807, 2.05) is 12.3 Å². The Bertz CT molecular complexity index is 864. The molecule has 0 fully saturated rings. The van der Waals surface area contributed by atoms with Crippen LogP contribution in [0.5, 0.6) is 5.75 Å². The van der Waals surface area contributed by atoms with Crippen LogP contribution < -0.4 is 15.4 Å². The van der Waals surface area contributed by atoms with Crippen LogP contribution >= 0.6 is 11.8 Å². The minimum Gasteiger partial charge on any atom is -0.484 e. The number of thioether (sulfide) groups is 1. The molecule has 0 spiro atoms. The summed E-state index contributed by atoms with van der Waals surface area (Å²) in [5, 5.41) is 5.49. The van der Waals surface area contributed by atoms with Gasteiger partial charge in [-0.25, -0.2) is 0 Å². The van der Waals surface area contributed by atoms with E-state index in [0.29, 0.717) is 23.5 Å². The summed E-state index contributed by atoms with van der Waals surface area (Å²) in [6, 6.07) is 14.9. The molecule has 2 rings (SSSR count). The zero-order chi connectivity index (χ0) is 24.1. The second-order valence-corrected chi connectivity index (χ2v) is 8.13. The molecule has 0 aliphatic heterocycles. The van der Waals surface area contributed by atoms with Crippen molar-refractivity contribution >= 4 is 23.6 Å². The van der Waals surface area contributed by atoms with E-state index in [0.717, 1.165) is 5.56 Å². The van der Waals surface area contributed by atoms with Crippen molar-refractivity contribution in [1.82, 2.24) is 10.6 Å². The van der Waals surface area contributed by atoms with E-state index >= 15 is 0 Å². The van der Waals surface area contributed by atoms with E-state index in [9.17, 15) is 22.8 Å². The number of benzene rings is 2. The molecular formula is C23H27F3N2O4S. The van der Waals surface area contributed by atoms with Gasteiger partial charge < -0.3 is 20.1 Å². The van der Waals surface area contributed by atoms with Gasteiger partial charge in [0.2, 0.25) is 5.91 Å². The molecule has 180 valence electrons. The van der Waals surface area contributed by atoms with Crippen molar-refractivity contribution in [3.8, 4) is 5.75 Å². The van der Waals surface area contributed by atoms with Crippen LogP contribution in [0.15, 0.2) is 54.6 Å². The van der Waals surface area contributed by atoms with Gasteiger partial charge in [0.1, 0.15) is 18.4 Å². The summed E-state index contributed by atoms with van der Waals surface area (Å²) in [5.74, 6) is 0.521. The standard InChI is InChI=1S/C23H27F3N2O4S/c1-33-12-11-20(28-21(29)15-32-19-5-3-2-4-6-19)22(30)27-13-17-7-9-18(10-8-17)14-31-16-23(24,25)26/h2-10,20H,11-16H2,1H3,(H,27,30)(H,28,29). The molecule has 2 amide bonds. The van der Waals surface area contributed by atoms with Crippen LogP contribution in [0.4, 0.5) is 13.2 Å². The molecule has 0 bridgehead atoms. The van der Waals surface area contributed by atoms with E-state index in [1.54, 1.807) is 60.3 Å². The maximum absolute atomic E-state index is 12.6. The second kappa shape index (κ2) is 13.7. The highest BCUT2D eigenvalue weighted by Gasteiger charge is 2.27. The number of alkyl halides is 3. The Morgan fingerprint density at radius 3 is 2.33 bits per heavy atom. The second-order valence-electron chi connectivity index (χ2n) is 7.15. The number of halogens is 3. The fraction of sp³-hybridized carbons (Fsp3) is 0.391. The Balaban J connectivity index is 1.81. The summed E-state index contributed by atoms with van der Waals surface area (Å²) in [6.45, 7) is -1.44. The van der Waals surface area contributed by atoms with Gasteiger partial charge >= 0.3 is 6.18 Å². The number of para-hydroxylation sites is 1. The molecule has 0 saturated heterocycles. The number of ether oxygens (including phenoxy) is 2.